The molecule has 0 unspecified atom stereocenters. The van der Waals surface area contributed by atoms with Crippen molar-refractivity contribution in [3.8, 4) is 5.69 Å². The highest BCUT2D eigenvalue weighted by Gasteiger charge is 2.20. The Bertz CT molecular complexity index is 757. The van der Waals surface area contributed by atoms with Crippen LogP contribution < -0.4 is 5.32 Å². The predicted octanol–water partition coefficient (Wildman–Crippen LogP) is 2.92. The number of rotatable bonds is 4. The summed E-state index contributed by atoms with van der Waals surface area (Å²) in [6.45, 7) is 3.96. The number of para-hydroxylation sites is 1. The van der Waals surface area contributed by atoms with Gasteiger partial charge in [-0.25, -0.2) is 4.68 Å². The minimum absolute atomic E-state index is 0.0901. The number of aliphatic hydroxyl groups excluding tert-OH is 1. The first kappa shape index (κ1) is 17.4. The molecule has 3 rings (SSSR count). The predicted molar refractivity (Wildman–Crippen MR) is 98.5 cm³/mol. The number of hydrogen-bond donors (Lipinski definition) is 2. The van der Waals surface area contributed by atoms with Crippen molar-refractivity contribution in [3.63, 3.8) is 0 Å². The molecule has 1 aromatic carbocycles. The van der Waals surface area contributed by atoms with Gasteiger partial charge in [-0.3, -0.25) is 4.79 Å². The van der Waals surface area contributed by atoms with Crippen LogP contribution in [0.3, 0.4) is 0 Å². The maximum absolute atomic E-state index is 12.2. The van der Waals surface area contributed by atoms with Crippen molar-refractivity contribution < 1.29 is 9.90 Å². The molecule has 1 amide bonds. The molecule has 1 aliphatic carbocycles. The van der Waals surface area contributed by atoms with Crippen molar-refractivity contribution in [2.45, 2.75) is 51.7 Å². The molecule has 2 aromatic rings. The topological polar surface area (TPSA) is 67.2 Å². The minimum atomic E-state index is -0.210. The van der Waals surface area contributed by atoms with Crippen molar-refractivity contribution in [2.75, 3.05) is 0 Å². The number of aromatic nitrogens is 2. The van der Waals surface area contributed by atoms with Gasteiger partial charge in [-0.1, -0.05) is 18.2 Å². The highest BCUT2D eigenvalue weighted by molar-refractivity contribution is 5.92. The van der Waals surface area contributed by atoms with E-state index in [9.17, 15) is 9.90 Å². The van der Waals surface area contributed by atoms with E-state index in [2.05, 4.69) is 10.4 Å². The molecular weight excluding hydrogens is 314 g/mol. The first-order valence-corrected chi connectivity index (χ1v) is 8.83. The standard InChI is InChI=1S/C20H25N3O2/c1-14-19(15(2)23(22-14)17-6-4-3-5-7-17)12-13-20(25)21-16-8-10-18(24)11-9-16/h3-7,12-13,16,18,24H,8-11H2,1-2H3,(H,21,25). The van der Waals surface area contributed by atoms with E-state index in [4.69, 9.17) is 0 Å². The molecule has 0 spiro atoms. The number of carbonyl (C=O) groups excluding carboxylic acids is 1. The lowest BCUT2D eigenvalue weighted by molar-refractivity contribution is -0.117. The lowest BCUT2D eigenvalue weighted by Crippen LogP contribution is -2.37. The van der Waals surface area contributed by atoms with Gasteiger partial charge in [-0.15, -0.1) is 0 Å². The Balaban J connectivity index is 1.69. The van der Waals surface area contributed by atoms with Crippen LogP contribution in [-0.2, 0) is 4.79 Å². The molecular formula is C20H25N3O2. The van der Waals surface area contributed by atoms with E-state index in [-0.39, 0.29) is 18.1 Å². The number of aliphatic hydroxyl groups is 1. The van der Waals surface area contributed by atoms with Gasteiger partial charge in [0.25, 0.3) is 0 Å². The van der Waals surface area contributed by atoms with E-state index in [1.54, 1.807) is 6.08 Å². The lowest BCUT2D eigenvalue weighted by Gasteiger charge is -2.25. The van der Waals surface area contributed by atoms with Crippen molar-refractivity contribution in [1.29, 1.82) is 0 Å². The average molecular weight is 339 g/mol. The summed E-state index contributed by atoms with van der Waals surface area (Å²) in [5, 5.41) is 17.1. The Morgan fingerprint density at radius 1 is 1.20 bits per heavy atom. The molecule has 1 aliphatic rings. The molecule has 0 bridgehead atoms. The summed E-state index contributed by atoms with van der Waals surface area (Å²) in [7, 11) is 0. The highest BCUT2D eigenvalue weighted by Crippen LogP contribution is 2.20. The minimum Gasteiger partial charge on any atom is -0.393 e. The Hall–Kier alpha value is -2.40. The molecule has 132 valence electrons. The van der Waals surface area contributed by atoms with Crippen LogP contribution in [0.4, 0.5) is 0 Å². The second kappa shape index (κ2) is 7.66. The number of carbonyl (C=O) groups is 1. The third kappa shape index (κ3) is 4.17. The van der Waals surface area contributed by atoms with Crippen molar-refractivity contribution >= 4 is 12.0 Å². The molecule has 5 heteroatoms. The van der Waals surface area contributed by atoms with Crippen LogP contribution in [0.5, 0.6) is 0 Å². The summed E-state index contributed by atoms with van der Waals surface area (Å²) in [6.07, 6.45) is 6.41. The fourth-order valence-corrected chi connectivity index (χ4v) is 3.35. The van der Waals surface area contributed by atoms with Gasteiger partial charge in [-0.05, 0) is 57.7 Å². The molecule has 1 heterocycles. The van der Waals surface area contributed by atoms with Crippen LogP contribution >= 0.6 is 0 Å². The Labute approximate surface area is 148 Å². The van der Waals surface area contributed by atoms with Crippen LogP contribution in [0.2, 0.25) is 0 Å². The van der Waals surface area contributed by atoms with Crippen LogP contribution in [0.25, 0.3) is 11.8 Å². The first-order chi connectivity index (χ1) is 12.0. The maximum atomic E-state index is 12.2. The van der Waals surface area contributed by atoms with Gasteiger partial charge in [0.05, 0.1) is 17.5 Å². The molecule has 0 saturated heterocycles. The van der Waals surface area contributed by atoms with Crippen molar-refractivity contribution in [1.82, 2.24) is 15.1 Å². The van der Waals surface area contributed by atoms with Gasteiger partial charge in [0.2, 0.25) is 5.91 Å². The van der Waals surface area contributed by atoms with Gasteiger partial charge in [0.1, 0.15) is 0 Å². The Morgan fingerprint density at radius 3 is 2.56 bits per heavy atom. The summed E-state index contributed by atoms with van der Waals surface area (Å²) in [5.74, 6) is -0.0901. The molecule has 0 radical (unpaired) electrons. The van der Waals surface area contributed by atoms with E-state index in [0.717, 1.165) is 48.3 Å². The van der Waals surface area contributed by atoms with E-state index in [1.165, 1.54) is 0 Å². The van der Waals surface area contributed by atoms with Crippen LogP contribution in [0.15, 0.2) is 36.4 Å². The zero-order valence-electron chi connectivity index (χ0n) is 14.8. The van der Waals surface area contributed by atoms with Crippen molar-refractivity contribution in [2.24, 2.45) is 0 Å². The second-order valence-corrected chi connectivity index (χ2v) is 6.68. The Morgan fingerprint density at radius 2 is 1.88 bits per heavy atom. The summed E-state index contributed by atoms with van der Waals surface area (Å²) >= 11 is 0. The van der Waals surface area contributed by atoms with E-state index < -0.39 is 0 Å². The smallest absolute Gasteiger partial charge is 0.244 e. The molecule has 5 nitrogen and oxygen atoms in total. The second-order valence-electron chi connectivity index (χ2n) is 6.68. The summed E-state index contributed by atoms with van der Waals surface area (Å²) in [4.78, 5) is 12.2. The monoisotopic (exact) mass is 339 g/mol. The SMILES string of the molecule is Cc1nn(-c2ccccc2)c(C)c1C=CC(=O)NC1CCC(O)CC1. The molecule has 0 aliphatic heterocycles. The highest BCUT2D eigenvalue weighted by atomic mass is 16.3. The summed E-state index contributed by atoms with van der Waals surface area (Å²) in [6, 6.07) is 10.1. The van der Waals surface area contributed by atoms with Gasteiger partial charge in [0, 0.05) is 23.4 Å². The van der Waals surface area contributed by atoms with Gasteiger partial charge < -0.3 is 10.4 Å². The van der Waals surface area contributed by atoms with Crippen LogP contribution in [0, 0.1) is 13.8 Å². The number of benzene rings is 1. The zero-order chi connectivity index (χ0) is 17.8. The summed E-state index contributed by atoms with van der Waals surface area (Å²) < 4.78 is 1.90. The number of nitrogens with one attached hydrogen (secondary N) is 1. The third-order valence-corrected chi connectivity index (χ3v) is 4.79. The zero-order valence-corrected chi connectivity index (χ0v) is 14.8. The number of aryl methyl sites for hydroxylation is 1. The van der Waals surface area contributed by atoms with Crippen LogP contribution in [0.1, 0.15) is 42.6 Å². The third-order valence-electron chi connectivity index (χ3n) is 4.79. The molecule has 1 aromatic heterocycles. The maximum Gasteiger partial charge on any atom is 0.244 e. The van der Waals surface area contributed by atoms with E-state index in [1.807, 2.05) is 54.9 Å². The summed E-state index contributed by atoms with van der Waals surface area (Å²) in [5.41, 5.74) is 3.88. The first-order valence-electron chi connectivity index (χ1n) is 8.83. The normalized spacial score (nSPS) is 20.8. The fourth-order valence-electron chi connectivity index (χ4n) is 3.35. The van der Waals surface area contributed by atoms with Gasteiger partial charge in [-0.2, -0.15) is 5.10 Å². The molecule has 25 heavy (non-hydrogen) atoms. The average Bonchev–Trinajstić information content (AvgIpc) is 2.90. The fraction of sp³-hybridized carbons (Fsp3) is 0.400. The lowest BCUT2D eigenvalue weighted by atomic mass is 9.93. The number of hydrogen-bond acceptors (Lipinski definition) is 3. The van der Waals surface area contributed by atoms with Crippen molar-refractivity contribution in [3.05, 3.63) is 53.4 Å². The number of amides is 1. The van der Waals surface area contributed by atoms with E-state index >= 15 is 0 Å². The Kier molecular flexibility index (Phi) is 5.34. The molecule has 1 saturated carbocycles. The largest absolute Gasteiger partial charge is 0.393 e. The van der Waals surface area contributed by atoms with Crippen LogP contribution in [-0.4, -0.2) is 32.9 Å². The quantitative estimate of drug-likeness (QED) is 0.842. The van der Waals surface area contributed by atoms with Gasteiger partial charge in [0.15, 0.2) is 0 Å². The molecule has 1 fully saturated rings. The van der Waals surface area contributed by atoms with E-state index in [0.29, 0.717) is 0 Å². The van der Waals surface area contributed by atoms with Gasteiger partial charge >= 0.3 is 0 Å². The number of nitrogens with zero attached hydrogens (tertiary/aromatic N) is 2. The molecule has 0 atom stereocenters. The molecule has 2 N–H and O–H groups in total.